The first-order valence-corrected chi connectivity index (χ1v) is 6.56. The highest BCUT2D eigenvalue weighted by atomic mass is 16.7. The second-order valence-corrected chi connectivity index (χ2v) is 4.30. The average Bonchev–Trinajstić information content (AvgIpc) is 2.37. The number of anilines is 1. The predicted molar refractivity (Wildman–Crippen MR) is 74.5 cm³/mol. The molecule has 0 saturated carbocycles. The van der Waals surface area contributed by atoms with E-state index in [-0.39, 0.29) is 11.8 Å². The molecule has 1 aromatic rings. The Hall–Kier alpha value is -1.40. The lowest BCUT2D eigenvalue weighted by Gasteiger charge is -2.17. The zero-order valence-corrected chi connectivity index (χ0v) is 12.1. The van der Waals surface area contributed by atoms with Crippen LogP contribution in [0.2, 0.25) is 0 Å². The summed E-state index contributed by atoms with van der Waals surface area (Å²) in [6.45, 7) is 5.50. The average molecular weight is 269 g/mol. The van der Waals surface area contributed by atoms with Gasteiger partial charge in [0.1, 0.15) is 0 Å². The Balaban J connectivity index is 2.64. The van der Waals surface area contributed by atoms with Gasteiger partial charge in [-0.05, 0) is 13.8 Å². The number of aromatic nitrogens is 2. The topological polar surface area (TPSA) is 56.6 Å². The summed E-state index contributed by atoms with van der Waals surface area (Å²) in [5, 5.41) is 4.14. The third-order valence-corrected chi connectivity index (χ3v) is 2.65. The molecule has 0 bridgehead atoms. The van der Waals surface area contributed by atoms with Gasteiger partial charge in [-0.15, -0.1) is 0 Å². The largest absolute Gasteiger partial charge is 0.376 e. The third kappa shape index (κ3) is 5.00. The molecule has 6 nitrogen and oxygen atoms in total. The van der Waals surface area contributed by atoms with Crippen molar-refractivity contribution in [2.45, 2.75) is 33.1 Å². The molecule has 19 heavy (non-hydrogen) atoms. The summed E-state index contributed by atoms with van der Waals surface area (Å²) in [6.07, 6.45) is 2.01. The highest BCUT2D eigenvalue weighted by Crippen LogP contribution is 2.05. The number of nitrogens with zero attached hydrogens (tertiary/aromatic N) is 3. The molecule has 0 unspecified atom stereocenters. The zero-order chi connectivity index (χ0) is 14.3. The first-order chi connectivity index (χ1) is 9.08. The summed E-state index contributed by atoms with van der Waals surface area (Å²) in [5.74, 6) is 0. The van der Waals surface area contributed by atoms with Crippen LogP contribution in [0.5, 0.6) is 0 Å². The van der Waals surface area contributed by atoms with Crippen LogP contribution in [0.3, 0.4) is 0 Å². The van der Waals surface area contributed by atoms with E-state index in [1.54, 1.807) is 12.3 Å². The van der Waals surface area contributed by atoms with E-state index in [0.717, 1.165) is 5.69 Å². The summed E-state index contributed by atoms with van der Waals surface area (Å²) >= 11 is 0. The number of rotatable bonds is 8. The van der Waals surface area contributed by atoms with Gasteiger partial charge in [0, 0.05) is 46.3 Å². The lowest BCUT2D eigenvalue weighted by atomic mass is 10.4. The Kier molecular flexibility index (Phi) is 6.52. The van der Waals surface area contributed by atoms with Gasteiger partial charge in [-0.25, -0.2) is 4.68 Å². The fourth-order valence-electron chi connectivity index (χ4n) is 1.65. The van der Waals surface area contributed by atoms with Crippen LogP contribution in [0.15, 0.2) is 17.1 Å². The molecule has 0 aliphatic heterocycles. The molecule has 1 rings (SSSR count). The van der Waals surface area contributed by atoms with Gasteiger partial charge in [0.05, 0.1) is 11.9 Å². The number of hydrogen-bond donors (Lipinski definition) is 0. The highest BCUT2D eigenvalue weighted by Gasteiger charge is 2.09. The van der Waals surface area contributed by atoms with Crippen LogP contribution in [-0.4, -0.2) is 43.4 Å². The Bertz CT molecular complexity index is 425. The fraction of sp³-hybridized carbons (Fsp3) is 0.692. The van der Waals surface area contributed by atoms with Crippen LogP contribution in [-0.2, 0) is 16.0 Å². The van der Waals surface area contributed by atoms with Gasteiger partial charge in [-0.2, -0.15) is 5.10 Å². The van der Waals surface area contributed by atoms with Gasteiger partial charge >= 0.3 is 0 Å². The van der Waals surface area contributed by atoms with Crippen molar-refractivity contribution in [3.63, 3.8) is 0 Å². The van der Waals surface area contributed by atoms with Crippen molar-refractivity contribution in [2.75, 3.05) is 32.2 Å². The minimum Gasteiger partial charge on any atom is -0.376 e. The maximum Gasteiger partial charge on any atom is 0.268 e. The van der Waals surface area contributed by atoms with E-state index < -0.39 is 0 Å². The molecule has 0 aliphatic rings. The van der Waals surface area contributed by atoms with Crippen LogP contribution in [0.4, 0.5) is 5.69 Å². The molecule has 0 radical (unpaired) electrons. The number of hydrogen-bond acceptors (Lipinski definition) is 5. The Morgan fingerprint density at radius 2 is 1.95 bits per heavy atom. The summed E-state index contributed by atoms with van der Waals surface area (Å²) in [5.41, 5.74) is 0.686. The molecule has 108 valence electrons. The smallest absolute Gasteiger partial charge is 0.268 e. The predicted octanol–water partition coefficient (Wildman–Crippen LogP) is 1.10. The van der Waals surface area contributed by atoms with E-state index in [1.807, 2.05) is 32.8 Å². The van der Waals surface area contributed by atoms with Crippen LogP contribution >= 0.6 is 0 Å². The Morgan fingerprint density at radius 1 is 1.32 bits per heavy atom. The molecule has 0 spiro atoms. The Labute approximate surface area is 113 Å². The van der Waals surface area contributed by atoms with Crippen LogP contribution in [0.1, 0.15) is 20.3 Å². The minimum atomic E-state index is -0.280. The second-order valence-electron chi connectivity index (χ2n) is 4.30. The number of aryl methyl sites for hydroxylation is 1. The first kappa shape index (κ1) is 15.7. The molecule has 0 amide bonds. The molecule has 1 heterocycles. The van der Waals surface area contributed by atoms with E-state index in [9.17, 15) is 4.79 Å². The van der Waals surface area contributed by atoms with Crippen LogP contribution in [0.25, 0.3) is 0 Å². The van der Waals surface area contributed by atoms with E-state index in [0.29, 0.717) is 26.2 Å². The molecule has 0 saturated heterocycles. The molecule has 0 fully saturated rings. The molecule has 1 aromatic heterocycles. The standard InChI is InChI=1S/C13H23N3O3/c1-5-18-13(19-6-2)7-8-16-12(17)9-11(10-14-16)15(3)4/h9-10,13H,5-8H2,1-4H3. The van der Waals surface area contributed by atoms with Gasteiger partial charge in [0.25, 0.3) is 5.56 Å². The van der Waals surface area contributed by atoms with Gasteiger partial charge in [0.15, 0.2) is 6.29 Å². The van der Waals surface area contributed by atoms with Crippen molar-refractivity contribution in [2.24, 2.45) is 0 Å². The Morgan fingerprint density at radius 3 is 2.42 bits per heavy atom. The van der Waals surface area contributed by atoms with Crippen molar-refractivity contribution in [3.8, 4) is 0 Å². The third-order valence-electron chi connectivity index (χ3n) is 2.65. The second kappa shape index (κ2) is 7.91. The maximum atomic E-state index is 11.9. The van der Waals surface area contributed by atoms with Crippen molar-refractivity contribution in [1.29, 1.82) is 0 Å². The molecule has 0 atom stereocenters. The summed E-state index contributed by atoms with van der Waals surface area (Å²) in [4.78, 5) is 13.7. The zero-order valence-electron chi connectivity index (χ0n) is 12.1. The fourth-order valence-corrected chi connectivity index (χ4v) is 1.65. The maximum absolute atomic E-state index is 11.9. The molecule has 6 heteroatoms. The van der Waals surface area contributed by atoms with E-state index in [4.69, 9.17) is 9.47 Å². The van der Waals surface area contributed by atoms with Crippen molar-refractivity contribution in [3.05, 3.63) is 22.6 Å². The van der Waals surface area contributed by atoms with E-state index in [2.05, 4.69) is 5.10 Å². The van der Waals surface area contributed by atoms with Crippen molar-refractivity contribution < 1.29 is 9.47 Å². The summed E-state index contributed by atoms with van der Waals surface area (Å²) in [6, 6.07) is 1.57. The quantitative estimate of drug-likeness (QED) is 0.661. The lowest BCUT2D eigenvalue weighted by molar-refractivity contribution is -0.141. The van der Waals surface area contributed by atoms with Gasteiger partial charge in [-0.3, -0.25) is 4.79 Å². The van der Waals surface area contributed by atoms with Gasteiger partial charge in [0.2, 0.25) is 0 Å². The summed E-state index contributed by atoms with van der Waals surface area (Å²) < 4.78 is 12.3. The van der Waals surface area contributed by atoms with Crippen molar-refractivity contribution in [1.82, 2.24) is 9.78 Å². The van der Waals surface area contributed by atoms with Crippen LogP contribution in [0, 0.1) is 0 Å². The number of ether oxygens (including phenoxy) is 2. The molecule has 0 aromatic carbocycles. The normalized spacial score (nSPS) is 11.0. The first-order valence-electron chi connectivity index (χ1n) is 6.56. The van der Waals surface area contributed by atoms with E-state index >= 15 is 0 Å². The molecule has 0 aliphatic carbocycles. The van der Waals surface area contributed by atoms with Crippen molar-refractivity contribution >= 4 is 5.69 Å². The lowest BCUT2D eigenvalue weighted by Crippen LogP contribution is -2.27. The minimum absolute atomic E-state index is 0.113. The molecule has 0 N–H and O–H groups in total. The monoisotopic (exact) mass is 269 g/mol. The molecular weight excluding hydrogens is 246 g/mol. The molecular formula is C13H23N3O3. The van der Waals surface area contributed by atoms with Gasteiger partial charge in [-0.1, -0.05) is 0 Å². The van der Waals surface area contributed by atoms with Gasteiger partial charge < -0.3 is 14.4 Å². The summed E-state index contributed by atoms with van der Waals surface area (Å²) in [7, 11) is 3.75. The SMILES string of the molecule is CCOC(CCn1ncc(N(C)C)cc1=O)OCC. The van der Waals surface area contributed by atoms with Crippen LogP contribution < -0.4 is 10.5 Å². The van der Waals surface area contributed by atoms with E-state index in [1.165, 1.54) is 4.68 Å². The highest BCUT2D eigenvalue weighted by molar-refractivity contribution is 5.40.